The van der Waals surface area contributed by atoms with Gasteiger partial charge in [-0.25, -0.2) is 4.98 Å². The molecular formula is C10H15N3O6. The largest absolute Gasteiger partial charge is 0.394 e. The molecule has 9 heteroatoms. The standard InChI is InChI=1S/C10H15N3O6/c14-2-6(8(17)9(18)7(16)3-15)13-10(19)5-1-11-4-12-5/h1-2,4,6-9,15-18H,3H2,(H,11,12)(H,13,19)/t6-,7+,8+,9+/m0/s1. The van der Waals surface area contributed by atoms with E-state index in [1.807, 2.05) is 0 Å². The van der Waals surface area contributed by atoms with Crippen LogP contribution < -0.4 is 5.32 Å². The molecule has 0 saturated heterocycles. The summed E-state index contributed by atoms with van der Waals surface area (Å²) in [6.45, 7) is -0.793. The molecule has 106 valence electrons. The molecule has 0 bridgehead atoms. The summed E-state index contributed by atoms with van der Waals surface area (Å²) in [7, 11) is 0. The molecule has 1 heterocycles. The van der Waals surface area contributed by atoms with E-state index in [9.17, 15) is 19.8 Å². The Morgan fingerprint density at radius 1 is 1.42 bits per heavy atom. The number of nitrogens with one attached hydrogen (secondary N) is 2. The van der Waals surface area contributed by atoms with Gasteiger partial charge >= 0.3 is 0 Å². The second kappa shape index (κ2) is 6.95. The topological polar surface area (TPSA) is 156 Å². The first-order valence-electron chi connectivity index (χ1n) is 5.40. The van der Waals surface area contributed by atoms with Crippen molar-refractivity contribution in [3.8, 4) is 0 Å². The number of hydrogen-bond donors (Lipinski definition) is 6. The van der Waals surface area contributed by atoms with Gasteiger partial charge in [0.25, 0.3) is 5.91 Å². The Morgan fingerprint density at radius 2 is 2.11 bits per heavy atom. The van der Waals surface area contributed by atoms with Crippen LogP contribution in [0.3, 0.4) is 0 Å². The monoisotopic (exact) mass is 273 g/mol. The zero-order valence-corrected chi connectivity index (χ0v) is 9.80. The summed E-state index contributed by atoms with van der Waals surface area (Å²) >= 11 is 0. The van der Waals surface area contributed by atoms with Crippen LogP contribution in [-0.4, -0.2) is 73.5 Å². The number of carbonyl (C=O) groups excluding carboxylic acids is 2. The van der Waals surface area contributed by atoms with E-state index in [-0.39, 0.29) is 12.0 Å². The average molecular weight is 273 g/mol. The number of hydrogen-bond acceptors (Lipinski definition) is 7. The van der Waals surface area contributed by atoms with Crippen molar-refractivity contribution in [2.24, 2.45) is 0 Å². The second-order valence-electron chi connectivity index (χ2n) is 3.83. The Bertz CT molecular complexity index is 409. The third kappa shape index (κ3) is 3.83. The molecule has 1 amide bonds. The summed E-state index contributed by atoms with van der Waals surface area (Å²) < 4.78 is 0. The molecule has 19 heavy (non-hydrogen) atoms. The van der Waals surface area contributed by atoms with Crippen LogP contribution in [0, 0.1) is 0 Å². The number of H-pyrrole nitrogens is 1. The van der Waals surface area contributed by atoms with Crippen molar-refractivity contribution in [1.29, 1.82) is 0 Å². The molecule has 0 aliphatic carbocycles. The molecule has 0 aliphatic rings. The number of aromatic amines is 1. The zero-order chi connectivity index (χ0) is 14.4. The Labute approximate surface area is 107 Å². The van der Waals surface area contributed by atoms with Crippen LogP contribution in [0.2, 0.25) is 0 Å². The number of carbonyl (C=O) groups is 2. The SMILES string of the molecule is O=C[C@H](NC(=O)c1cnc[nH]1)[C@@H](O)[C@H](O)[C@H](O)CO. The van der Waals surface area contributed by atoms with E-state index in [2.05, 4.69) is 15.3 Å². The van der Waals surface area contributed by atoms with Gasteiger partial charge in [-0.2, -0.15) is 0 Å². The first kappa shape index (κ1) is 15.2. The highest BCUT2D eigenvalue weighted by Crippen LogP contribution is 2.04. The van der Waals surface area contributed by atoms with Crippen LogP contribution in [0.15, 0.2) is 12.5 Å². The van der Waals surface area contributed by atoms with Crippen molar-refractivity contribution >= 4 is 12.2 Å². The molecular weight excluding hydrogens is 258 g/mol. The molecule has 1 aromatic heterocycles. The van der Waals surface area contributed by atoms with E-state index < -0.39 is 36.9 Å². The van der Waals surface area contributed by atoms with Crippen molar-refractivity contribution in [2.75, 3.05) is 6.61 Å². The van der Waals surface area contributed by atoms with Gasteiger partial charge in [0, 0.05) is 0 Å². The quantitative estimate of drug-likeness (QED) is 0.285. The van der Waals surface area contributed by atoms with Gasteiger partial charge in [0.15, 0.2) is 0 Å². The third-order valence-electron chi connectivity index (χ3n) is 2.49. The molecule has 0 spiro atoms. The summed E-state index contributed by atoms with van der Waals surface area (Å²) in [6, 6.07) is -1.44. The summed E-state index contributed by atoms with van der Waals surface area (Å²) in [4.78, 5) is 28.5. The van der Waals surface area contributed by atoms with Gasteiger partial charge in [0.1, 0.15) is 36.3 Å². The van der Waals surface area contributed by atoms with Crippen LogP contribution >= 0.6 is 0 Å². The molecule has 0 unspecified atom stereocenters. The normalized spacial score (nSPS) is 17.3. The van der Waals surface area contributed by atoms with Crippen molar-refractivity contribution in [3.63, 3.8) is 0 Å². The van der Waals surface area contributed by atoms with Crippen LogP contribution in [0.1, 0.15) is 10.5 Å². The Morgan fingerprint density at radius 3 is 2.58 bits per heavy atom. The Hall–Kier alpha value is -1.81. The third-order valence-corrected chi connectivity index (χ3v) is 2.49. The van der Waals surface area contributed by atoms with Crippen molar-refractivity contribution in [3.05, 3.63) is 18.2 Å². The Kier molecular flexibility index (Phi) is 5.57. The number of aromatic nitrogens is 2. The van der Waals surface area contributed by atoms with E-state index in [1.54, 1.807) is 0 Å². The average Bonchev–Trinajstić information content (AvgIpc) is 2.96. The van der Waals surface area contributed by atoms with Crippen molar-refractivity contribution in [2.45, 2.75) is 24.4 Å². The maximum Gasteiger partial charge on any atom is 0.270 e. The van der Waals surface area contributed by atoms with Crippen molar-refractivity contribution < 1.29 is 30.0 Å². The number of aldehydes is 1. The number of nitrogens with zero attached hydrogens (tertiary/aromatic N) is 1. The van der Waals surface area contributed by atoms with Gasteiger partial charge in [-0.3, -0.25) is 4.79 Å². The first-order chi connectivity index (χ1) is 9.01. The fraction of sp³-hybridized carbons (Fsp3) is 0.500. The molecule has 9 nitrogen and oxygen atoms in total. The maximum absolute atomic E-state index is 11.6. The number of rotatable bonds is 7. The highest BCUT2D eigenvalue weighted by Gasteiger charge is 2.32. The van der Waals surface area contributed by atoms with E-state index >= 15 is 0 Å². The molecule has 0 saturated carbocycles. The fourth-order valence-electron chi connectivity index (χ4n) is 1.36. The van der Waals surface area contributed by atoms with Gasteiger partial charge in [-0.05, 0) is 0 Å². The van der Waals surface area contributed by atoms with E-state index in [1.165, 1.54) is 12.5 Å². The molecule has 0 aliphatic heterocycles. The number of aliphatic hydroxyl groups is 4. The van der Waals surface area contributed by atoms with Crippen LogP contribution in [0.4, 0.5) is 0 Å². The van der Waals surface area contributed by atoms with Gasteiger partial charge in [0.2, 0.25) is 0 Å². The zero-order valence-electron chi connectivity index (χ0n) is 9.80. The minimum absolute atomic E-state index is 0.0660. The molecule has 0 radical (unpaired) electrons. The summed E-state index contributed by atoms with van der Waals surface area (Å²) in [6.07, 6.45) is -2.48. The van der Waals surface area contributed by atoms with E-state index in [0.29, 0.717) is 0 Å². The van der Waals surface area contributed by atoms with Gasteiger partial charge < -0.3 is 35.5 Å². The van der Waals surface area contributed by atoms with Gasteiger partial charge in [-0.1, -0.05) is 0 Å². The highest BCUT2D eigenvalue weighted by atomic mass is 16.4. The summed E-state index contributed by atoms with van der Waals surface area (Å²) in [5, 5.41) is 39.0. The van der Waals surface area contributed by atoms with Crippen LogP contribution in [-0.2, 0) is 4.79 Å². The molecule has 6 N–H and O–H groups in total. The lowest BCUT2D eigenvalue weighted by Gasteiger charge is -2.26. The first-order valence-corrected chi connectivity index (χ1v) is 5.40. The minimum Gasteiger partial charge on any atom is -0.394 e. The maximum atomic E-state index is 11.6. The number of aliphatic hydroxyl groups excluding tert-OH is 4. The molecule has 4 atom stereocenters. The number of amides is 1. The van der Waals surface area contributed by atoms with Crippen LogP contribution in [0.5, 0.6) is 0 Å². The molecule has 1 aromatic rings. The lowest BCUT2D eigenvalue weighted by molar-refractivity contribution is -0.119. The van der Waals surface area contributed by atoms with Gasteiger partial charge in [-0.15, -0.1) is 0 Å². The predicted octanol–water partition coefficient (Wildman–Crippen LogP) is -3.22. The minimum atomic E-state index is -1.78. The Balaban J connectivity index is 2.67. The van der Waals surface area contributed by atoms with E-state index in [4.69, 9.17) is 10.2 Å². The lowest BCUT2D eigenvalue weighted by Crippen LogP contribution is -2.53. The number of imidazole rings is 1. The fourth-order valence-corrected chi connectivity index (χ4v) is 1.36. The predicted molar refractivity (Wildman–Crippen MR) is 61.0 cm³/mol. The highest BCUT2D eigenvalue weighted by molar-refractivity contribution is 5.93. The molecule has 0 aromatic carbocycles. The smallest absolute Gasteiger partial charge is 0.270 e. The lowest BCUT2D eigenvalue weighted by atomic mass is 10.0. The summed E-state index contributed by atoms with van der Waals surface area (Å²) in [5.74, 6) is -0.709. The second-order valence-corrected chi connectivity index (χ2v) is 3.83. The summed E-state index contributed by atoms with van der Waals surface area (Å²) in [5.41, 5.74) is 0.0660. The van der Waals surface area contributed by atoms with Gasteiger partial charge in [0.05, 0.1) is 19.1 Å². The van der Waals surface area contributed by atoms with Crippen LogP contribution in [0.25, 0.3) is 0 Å². The van der Waals surface area contributed by atoms with Crippen molar-refractivity contribution in [1.82, 2.24) is 15.3 Å². The van der Waals surface area contributed by atoms with E-state index in [0.717, 1.165) is 0 Å². The molecule has 1 rings (SSSR count). The molecule has 0 fully saturated rings.